The molecule has 0 amide bonds. The Bertz CT molecular complexity index is 365. The van der Waals surface area contributed by atoms with Gasteiger partial charge < -0.3 is 10.5 Å². The molecule has 0 saturated carbocycles. The first-order valence-corrected chi connectivity index (χ1v) is 7.34. The van der Waals surface area contributed by atoms with Gasteiger partial charge in [-0.25, -0.2) is 0 Å². The monoisotopic (exact) mass is 267 g/mol. The molecule has 0 aliphatic rings. The van der Waals surface area contributed by atoms with E-state index in [1.807, 2.05) is 38.1 Å². The van der Waals surface area contributed by atoms with Gasteiger partial charge in [-0.05, 0) is 30.5 Å². The third-order valence-corrected chi connectivity index (χ3v) is 3.94. The number of carbonyl (C=O) groups is 1. The van der Waals surface area contributed by atoms with Gasteiger partial charge in [0.15, 0.2) is 0 Å². The van der Waals surface area contributed by atoms with Crippen LogP contribution in [0.15, 0.2) is 24.3 Å². The summed E-state index contributed by atoms with van der Waals surface area (Å²) in [6, 6.07) is 7.75. The van der Waals surface area contributed by atoms with Crippen LogP contribution in [-0.2, 0) is 15.3 Å². The largest absolute Gasteiger partial charge is 0.465 e. The molecule has 0 fully saturated rings. The van der Waals surface area contributed by atoms with Gasteiger partial charge in [-0.15, -0.1) is 11.8 Å². The summed E-state index contributed by atoms with van der Waals surface area (Å²) in [4.78, 5) is 11.7. The van der Waals surface area contributed by atoms with E-state index in [1.165, 1.54) is 5.56 Å². The zero-order chi connectivity index (χ0) is 13.4. The van der Waals surface area contributed by atoms with Crippen molar-refractivity contribution in [3.8, 4) is 0 Å². The van der Waals surface area contributed by atoms with Gasteiger partial charge in [-0.3, -0.25) is 4.79 Å². The van der Waals surface area contributed by atoms with Crippen LogP contribution in [0, 0.1) is 0 Å². The number of rotatable bonds is 7. The molecule has 18 heavy (non-hydrogen) atoms. The van der Waals surface area contributed by atoms with Crippen LogP contribution in [-0.4, -0.2) is 17.8 Å². The van der Waals surface area contributed by atoms with E-state index in [4.69, 9.17) is 10.5 Å². The molecule has 1 aromatic carbocycles. The van der Waals surface area contributed by atoms with Gasteiger partial charge >= 0.3 is 5.97 Å². The van der Waals surface area contributed by atoms with Crippen LogP contribution in [0.25, 0.3) is 0 Å². The highest BCUT2D eigenvalue weighted by atomic mass is 32.2. The Labute approximate surface area is 113 Å². The molecule has 0 spiro atoms. The molecule has 100 valence electrons. The zero-order valence-electron chi connectivity index (χ0n) is 11.0. The van der Waals surface area contributed by atoms with Gasteiger partial charge in [0.25, 0.3) is 0 Å². The smallest absolute Gasteiger partial charge is 0.319 e. The summed E-state index contributed by atoms with van der Waals surface area (Å²) in [5.74, 6) is 0.708. The number of thioether (sulfide) groups is 1. The summed E-state index contributed by atoms with van der Waals surface area (Å²) in [6.45, 7) is 4.52. The Morgan fingerprint density at radius 1 is 1.33 bits per heavy atom. The molecule has 4 heteroatoms. The van der Waals surface area contributed by atoms with Crippen LogP contribution in [0.2, 0.25) is 0 Å². The molecule has 3 nitrogen and oxygen atoms in total. The van der Waals surface area contributed by atoms with Crippen molar-refractivity contribution >= 4 is 23.4 Å². The van der Waals surface area contributed by atoms with E-state index in [0.29, 0.717) is 6.61 Å². The van der Waals surface area contributed by atoms with E-state index in [-0.39, 0.29) is 11.2 Å². The zero-order valence-corrected chi connectivity index (χ0v) is 11.8. The van der Waals surface area contributed by atoms with Gasteiger partial charge in [0.05, 0.1) is 6.61 Å². The molecule has 1 aromatic rings. The van der Waals surface area contributed by atoms with Crippen LogP contribution < -0.4 is 5.73 Å². The molecule has 0 bridgehead atoms. The maximum atomic E-state index is 11.7. The lowest BCUT2D eigenvalue weighted by atomic mass is 10.2. The van der Waals surface area contributed by atoms with E-state index in [9.17, 15) is 4.79 Å². The van der Waals surface area contributed by atoms with E-state index < -0.39 is 0 Å². The molecule has 0 aliphatic carbocycles. The van der Waals surface area contributed by atoms with Gasteiger partial charge in [0, 0.05) is 11.4 Å². The van der Waals surface area contributed by atoms with E-state index >= 15 is 0 Å². The number of anilines is 1. The number of esters is 1. The normalized spacial score (nSPS) is 12.1. The second-order valence-corrected chi connectivity index (χ2v) is 5.31. The summed E-state index contributed by atoms with van der Waals surface area (Å²) >= 11 is 1.62. The molecule has 0 aromatic heterocycles. The van der Waals surface area contributed by atoms with Crippen LogP contribution in [0.3, 0.4) is 0 Å². The van der Waals surface area contributed by atoms with Crippen molar-refractivity contribution in [2.45, 2.75) is 37.7 Å². The number of nitrogens with two attached hydrogens (primary N) is 1. The molecule has 0 radical (unpaired) electrons. The number of nitrogen functional groups attached to an aromatic ring is 1. The second kappa shape index (κ2) is 8.03. The average molecular weight is 267 g/mol. The van der Waals surface area contributed by atoms with Crippen molar-refractivity contribution in [1.82, 2.24) is 0 Å². The van der Waals surface area contributed by atoms with Crippen LogP contribution in [0.5, 0.6) is 0 Å². The van der Waals surface area contributed by atoms with Crippen LogP contribution in [0.4, 0.5) is 5.69 Å². The van der Waals surface area contributed by atoms with Crippen molar-refractivity contribution in [3.05, 3.63) is 29.8 Å². The molecular formula is C14H21NO2S. The SMILES string of the molecule is CCCOC(=O)C(CC)SCc1ccc(N)cc1. The van der Waals surface area contributed by atoms with Crippen molar-refractivity contribution in [2.75, 3.05) is 12.3 Å². The van der Waals surface area contributed by atoms with Crippen molar-refractivity contribution in [3.63, 3.8) is 0 Å². The molecule has 0 heterocycles. The van der Waals surface area contributed by atoms with Crippen LogP contribution in [0.1, 0.15) is 32.3 Å². The third-order valence-electron chi connectivity index (χ3n) is 2.51. The number of ether oxygens (including phenoxy) is 1. The maximum absolute atomic E-state index is 11.7. The molecule has 0 aliphatic heterocycles. The highest BCUT2D eigenvalue weighted by molar-refractivity contribution is 7.99. The Morgan fingerprint density at radius 2 is 2.00 bits per heavy atom. The predicted molar refractivity (Wildman–Crippen MR) is 77.5 cm³/mol. The molecule has 0 saturated heterocycles. The number of carbonyl (C=O) groups excluding carboxylic acids is 1. The van der Waals surface area contributed by atoms with Gasteiger partial charge in [0.1, 0.15) is 5.25 Å². The predicted octanol–water partition coefficient (Wildman–Crippen LogP) is 3.23. The number of hydrogen-bond donors (Lipinski definition) is 1. The lowest BCUT2D eigenvalue weighted by Gasteiger charge is -2.13. The molecule has 2 N–H and O–H groups in total. The summed E-state index contributed by atoms with van der Waals surface area (Å²) in [7, 11) is 0. The summed E-state index contributed by atoms with van der Waals surface area (Å²) in [5, 5.41) is -0.0749. The maximum Gasteiger partial charge on any atom is 0.319 e. The molecule has 1 atom stereocenters. The number of hydrogen-bond acceptors (Lipinski definition) is 4. The summed E-state index contributed by atoms with van der Waals surface area (Å²) in [5.41, 5.74) is 7.57. The standard InChI is InChI=1S/C14H21NO2S/c1-3-9-17-14(16)13(4-2)18-10-11-5-7-12(15)8-6-11/h5-8,13H,3-4,9-10,15H2,1-2H3. The van der Waals surface area contributed by atoms with Gasteiger partial charge in [-0.2, -0.15) is 0 Å². The summed E-state index contributed by atoms with van der Waals surface area (Å²) < 4.78 is 5.17. The second-order valence-electron chi connectivity index (χ2n) is 4.12. The van der Waals surface area contributed by atoms with Crippen molar-refractivity contribution in [2.24, 2.45) is 0 Å². The topological polar surface area (TPSA) is 52.3 Å². The minimum Gasteiger partial charge on any atom is -0.465 e. The number of benzene rings is 1. The fraction of sp³-hybridized carbons (Fsp3) is 0.500. The quantitative estimate of drug-likeness (QED) is 0.608. The average Bonchev–Trinajstić information content (AvgIpc) is 2.39. The Hall–Kier alpha value is -1.16. The first-order chi connectivity index (χ1) is 8.67. The minimum absolute atomic E-state index is 0.0749. The van der Waals surface area contributed by atoms with E-state index in [1.54, 1.807) is 11.8 Å². The first-order valence-electron chi connectivity index (χ1n) is 6.30. The molecule has 1 rings (SSSR count). The van der Waals surface area contributed by atoms with E-state index in [2.05, 4.69) is 0 Å². The van der Waals surface area contributed by atoms with Crippen molar-refractivity contribution in [1.29, 1.82) is 0 Å². The van der Waals surface area contributed by atoms with E-state index in [0.717, 1.165) is 24.3 Å². The highest BCUT2D eigenvalue weighted by Gasteiger charge is 2.18. The fourth-order valence-electron chi connectivity index (χ4n) is 1.46. The van der Waals surface area contributed by atoms with Gasteiger partial charge in [0.2, 0.25) is 0 Å². The molecular weight excluding hydrogens is 246 g/mol. The molecule has 1 unspecified atom stereocenters. The van der Waals surface area contributed by atoms with Gasteiger partial charge in [-0.1, -0.05) is 26.0 Å². The Kier molecular flexibility index (Phi) is 6.65. The lowest BCUT2D eigenvalue weighted by molar-refractivity contribution is -0.143. The Morgan fingerprint density at radius 3 is 2.56 bits per heavy atom. The first kappa shape index (κ1) is 14.9. The highest BCUT2D eigenvalue weighted by Crippen LogP contribution is 2.22. The van der Waals surface area contributed by atoms with Crippen molar-refractivity contribution < 1.29 is 9.53 Å². The summed E-state index contributed by atoms with van der Waals surface area (Å²) in [6.07, 6.45) is 1.66. The lowest BCUT2D eigenvalue weighted by Crippen LogP contribution is -2.20. The van der Waals surface area contributed by atoms with Crippen LogP contribution >= 0.6 is 11.8 Å². The minimum atomic E-state index is -0.0974. The fourth-order valence-corrected chi connectivity index (χ4v) is 2.48. The Balaban J connectivity index is 2.43. The third kappa shape index (κ3) is 5.00.